The van der Waals surface area contributed by atoms with Crippen LogP contribution >= 0.6 is 0 Å². The van der Waals surface area contributed by atoms with Crippen molar-refractivity contribution in [3.05, 3.63) is 0 Å². The highest BCUT2D eigenvalue weighted by atomic mass is 16.5. The normalized spacial score (nSPS) is 9.47. The Morgan fingerprint density at radius 3 is 2.12 bits per heavy atom. The molecule has 0 rings (SSSR count). The van der Waals surface area contributed by atoms with Gasteiger partial charge in [0.05, 0.1) is 13.2 Å². The summed E-state index contributed by atoms with van der Waals surface area (Å²) in [6, 6.07) is 0. The summed E-state index contributed by atoms with van der Waals surface area (Å²) in [7, 11) is 5.05. The van der Waals surface area contributed by atoms with E-state index in [1.54, 1.807) is 21.2 Å². The summed E-state index contributed by atoms with van der Waals surface area (Å²) >= 11 is 0. The number of likely N-dealkylation sites (N-methyl/N-ethyl adjacent to an activating group) is 1. The van der Waals surface area contributed by atoms with Gasteiger partial charge in [-0.25, -0.2) is 0 Å². The highest BCUT2D eigenvalue weighted by molar-refractivity contribution is 5.76. The fraction of sp³-hybridized carbons (Fsp3) is 0.917. The largest absolute Gasteiger partial charge is 0.382 e. The molecule has 0 atom stereocenters. The van der Waals surface area contributed by atoms with E-state index in [0.717, 1.165) is 6.42 Å². The maximum Gasteiger partial charge on any atom is 0.248 e. The molecule has 5 heteroatoms. The van der Waals surface area contributed by atoms with Gasteiger partial charge in [0, 0.05) is 34.4 Å². The minimum absolute atomic E-state index is 0.0182. The number of ether oxygens (including phenoxy) is 3. The fourth-order valence-electron chi connectivity index (χ4n) is 0.796. The van der Waals surface area contributed by atoms with Crippen molar-refractivity contribution < 1.29 is 19.0 Å². The molecule has 0 aromatic rings. The second kappa shape index (κ2) is 15.4. The molecule has 0 aromatic carbocycles. The first kappa shape index (κ1) is 18.7. The van der Waals surface area contributed by atoms with Gasteiger partial charge < -0.3 is 19.1 Å². The number of hydrogen-bond acceptors (Lipinski definition) is 4. The van der Waals surface area contributed by atoms with Gasteiger partial charge in [-0.15, -0.1) is 0 Å². The van der Waals surface area contributed by atoms with Gasteiger partial charge in [-0.3, -0.25) is 4.79 Å². The van der Waals surface area contributed by atoms with Gasteiger partial charge in [0.15, 0.2) is 0 Å². The molecule has 0 bridgehead atoms. The van der Waals surface area contributed by atoms with E-state index < -0.39 is 0 Å². The van der Waals surface area contributed by atoms with Gasteiger partial charge in [-0.2, -0.15) is 0 Å². The van der Waals surface area contributed by atoms with Crippen LogP contribution in [0.25, 0.3) is 0 Å². The lowest BCUT2D eigenvalue weighted by atomic mass is 10.5. The zero-order valence-electron chi connectivity index (χ0n) is 11.8. The Morgan fingerprint density at radius 1 is 1.00 bits per heavy atom. The summed E-state index contributed by atoms with van der Waals surface area (Å²) in [4.78, 5) is 12.6. The van der Waals surface area contributed by atoms with Crippen LogP contribution in [0.2, 0.25) is 0 Å². The maximum absolute atomic E-state index is 11.1. The molecule has 0 heterocycles. The molecule has 0 aliphatic carbocycles. The van der Waals surface area contributed by atoms with E-state index in [-0.39, 0.29) is 12.5 Å². The molecular formula is C12H27NO4. The van der Waals surface area contributed by atoms with Crippen LogP contribution < -0.4 is 0 Å². The highest BCUT2D eigenvalue weighted by Crippen LogP contribution is 1.87. The summed E-state index contributed by atoms with van der Waals surface area (Å²) in [5.74, 6) is -0.0182. The number of carbonyl (C=O) groups excluding carboxylic acids is 1. The third kappa shape index (κ3) is 15.4. The maximum atomic E-state index is 11.1. The minimum atomic E-state index is -0.0182. The summed E-state index contributed by atoms with van der Waals surface area (Å²) in [5, 5.41) is 0. The van der Waals surface area contributed by atoms with Gasteiger partial charge in [-0.1, -0.05) is 13.8 Å². The Kier molecular flexibility index (Phi) is 16.9. The third-order valence-corrected chi connectivity index (χ3v) is 1.73. The SMILES string of the molecule is CC.COCCOCCCOCC(=O)N(C)C. The van der Waals surface area contributed by atoms with Crippen molar-refractivity contribution in [2.24, 2.45) is 0 Å². The van der Waals surface area contributed by atoms with E-state index in [1.165, 1.54) is 4.90 Å². The number of nitrogens with zero attached hydrogens (tertiary/aromatic N) is 1. The monoisotopic (exact) mass is 249 g/mol. The molecule has 0 spiro atoms. The van der Waals surface area contributed by atoms with Crippen LogP contribution in [0.15, 0.2) is 0 Å². The molecule has 0 aliphatic heterocycles. The smallest absolute Gasteiger partial charge is 0.248 e. The van der Waals surface area contributed by atoms with Crippen LogP contribution in [0.3, 0.4) is 0 Å². The van der Waals surface area contributed by atoms with Crippen LogP contribution in [-0.4, -0.2) is 65.0 Å². The average molecular weight is 249 g/mol. The van der Waals surface area contributed by atoms with E-state index in [1.807, 2.05) is 13.8 Å². The standard InChI is InChI=1S/C10H21NO4.C2H6/c1-11(2)10(12)9-15-6-4-5-14-8-7-13-3;1-2/h4-9H2,1-3H3;1-2H3. The first-order valence-corrected chi connectivity index (χ1v) is 6.03. The zero-order chi connectivity index (χ0) is 13.5. The summed E-state index contributed by atoms with van der Waals surface area (Å²) in [5.41, 5.74) is 0. The molecule has 0 N–H and O–H groups in total. The minimum Gasteiger partial charge on any atom is -0.382 e. The van der Waals surface area contributed by atoms with Crippen molar-refractivity contribution in [1.29, 1.82) is 0 Å². The van der Waals surface area contributed by atoms with Crippen LogP contribution in [0.5, 0.6) is 0 Å². The van der Waals surface area contributed by atoms with Crippen molar-refractivity contribution in [2.75, 3.05) is 54.2 Å². The molecule has 0 unspecified atom stereocenters. The molecular weight excluding hydrogens is 222 g/mol. The number of hydrogen-bond donors (Lipinski definition) is 0. The van der Waals surface area contributed by atoms with Gasteiger partial charge in [0.2, 0.25) is 5.91 Å². The molecule has 0 aliphatic rings. The molecule has 5 nitrogen and oxygen atoms in total. The van der Waals surface area contributed by atoms with Crippen molar-refractivity contribution in [2.45, 2.75) is 20.3 Å². The van der Waals surface area contributed by atoms with Crippen LogP contribution in [0.1, 0.15) is 20.3 Å². The van der Waals surface area contributed by atoms with E-state index in [0.29, 0.717) is 26.4 Å². The Labute approximate surface area is 105 Å². The summed E-state index contributed by atoms with van der Waals surface area (Å²) in [6.45, 7) is 6.55. The molecule has 104 valence electrons. The van der Waals surface area contributed by atoms with E-state index in [9.17, 15) is 4.79 Å². The zero-order valence-corrected chi connectivity index (χ0v) is 11.8. The Balaban J connectivity index is 0. The van der Waals surface area contributed by atoms with Gasteiger partial charge >= 0.3 is 0 Å². The van der Waals surface area contributed by atoms with E-state index >= 15 is 0 Å². The van der Waals surface area contributed by atoms with E-state index in [2.05, 4.69) is 0 Å². The van der Waals surface area contributed by atoms with Gasteiger partial charge in [0.25, 0.3) is 0 Å². The lowest BCUT2D eigenvalue weighted by Crippen LogP contribution is -2.26. The number of rotatable bonds is 9. The molecule has 0 saturated carbocycles. The quantitative estimate of drug-likeness (QED) is 0.576. The van der Waals surface area contributed by atoms with Crippen LogP contribution in [0.4, 0.5) is 0 Å². The first-order chi connectivity index (χ1) is 8.18. The fourth-order valence-corrected chi connectivity index (χ4v) is 0.796. The molecule has 0 saturated heterocycles. The molecule has 0 fully saturated rings. The number of methoxy groups -OCH3 is 1. The number of amides is 1. The van der Waals surface area contributed by atoms with Crippen molar-refractivity contribution in [1.82, 2.24) is 4.90 Å². The number of carbonyl (C=O) groups is 1. The lowest BCUT2D eigenvalue weighted by molar-refractivity contribution is -0.133. The summed E-state index contributed by atoms with van der Waals surface area (Å²) in [6.07, 6.45) is 0.796. The Morgan fingerprint density at radius 2 is 1.59 bits per heavy atom. The first-order valence-electron chi connectivity index (χ1n) is 6.03. The average Bonchev–Trinajstić information content (AvgIpc) is 2.34. The molecule has 1 amide bonds. The Bertz CT molecular complexity index is 163. The molecule has 0 radical (unpaired) electrons. The predicted octanol–water partition coefficient (Wildman–Crippen LogP) is 1.17. The predicted molar refractivity (Wildman–Crippen MR) is 68.2 cm³/mol. The lowest BCUT2D eigenvalue weighted by Gasteiger charge is -2.10. The van der Waals surface area contributed by atoms with Crippen molar-refractivity contribution >= 4 is 5.91 Å². The van der Waals surface area contributed by atoms with E-state index in [4.69, 9.17) is 14.2 Å². The second-order valence-electron chi connectivity index (χ2n) is 3.30. The van der Waals surface area contributed by atoms with Gasteiger partial charge in [0.1, 0.15) is 6.61 Å². The third-order valence-electron chi connectivity index (χ3n) is 1.73. The molecule has 17 heavy (non-hydrogen) atoms. The van der Waals surface area contributed by atoms with Crippen LogP contribution in [-0.2, 0) is 19.0 Å². The van der Waals surface area contributed by atoms with Crippen LogP contribution in [0, 0.1) is 0 Å². The summed E-state index contributed by atoms with van der Waals surface area (Å²) < 4.78 is 15.2. The topological polar surface area (TPSA) is 48.0 Å². The Hall–Kier alpha value is -0.650. The molecule has 0 aromatic heterocycles. The highest BCUT2D eigenvalue weighted by Gasteiger charge is 2.02. The van der Waals surface area contributed by atoms with Crippen molar-refractivity contribution in [3.63, 3.8) is 0 Å². The second-order valence-corrected chi connectivity index (χ2v) is 3.30. The van der Waals surface area contributed by atoms with Crippen molar-refractivity contribution in [3.8, 4) is 0 Å². The van der Waals surface area contributed by atoms with Gasteiger partial charge in [-0.05, 0) is 6.42 Å².